The summed E-state index contributed by atoms with van der Waals surface area (Å²) in [6.45, 7) is 3.65. The molecule has 0 radical (unpaired) electrons. The lowest BCUT2D eigenvalue weighted by atomic mass is 9.81. The molecule has 3 aliphatic rings. The Morgan fingerprint density at radius 2 is 2.03 bits per heavy atom. The summed E-state index contributed by atoms with van der Waals surface area (Å²) >= 11 is 1.14. The molecule has 3 atom stereocenters. The second-order valence-electron chi connectivity index (χ2n) is 8.52. The zero-order valence-electron chi connectivity index (χ0n) is 18.0. The first-order valence-corrected chi connectivity index (χ1v) is 11.3. The minimum Gasteiger partial charge on any atom is -0.469 e. The minimum absolute atomic E-state index is 0.285. The Morgan fingerprint density at radius 1 is 1.24 bits per heavy atom. The largest absolute Gasteiger partial charge is 0.469 e. The van der Waals surface area contributed by atoms with E-state index in [0.717, 1.165) is 16.9 Å². The summed E-state index contributed by atoms with van der Waals surface area (Å²) in [5, 5.41) is 2.84. The molecule has 0 aliphatic carbocycles. The van der Waals surface area contributed by atoms with Crippen LogP contribution in [-0.2, 0) is 14.3 Å². The zero-order valence-corrected chi connectivity index (χ0v) is 18.9. The van der Waals surface area contributed by atoms with E-state index in [9.17, 15) is 14.4 Å². The number of nitrogens with one attached hydrogen (secondary N) is 1. The van der Waals surface area contributed by atoms with Crippen LogP contribution in [0.15, 0.2) is 52.3 Å². The number of rotatable bonds is 1. The number of benzene rings is 2. The number of nitrogens with zero attached hydrogens (tertiary/aromatic N) is 2. The molecule has 4 heterocycles. The van der Waals surface area contributed by atoms with Gasteiger partial charge in [0.25, 0.3) is 11.5 Å². The highest BCUT2D eigenvalue weighted by Crippen LogP contribution is 2.47. The highest BCUT2D eigenvalue weighted by Gasteiger charge is 2.55. The van der Waals surface area contributed by atoms with Gasteiger partial charge in [0.05, 0.1) is 18.7 Å². The third-order valence-corrected chi connectivity index (χ3v) is 7.51. The summed E-state index contributed by atoms with van der Waals surface area (Å²) in [4.78, 5) is 44.7. The first-order valence-electron chi connectivity index (χ1n) is 10.5. The van der Waals surface area contributed by atoms with Crippen molar-refractivity contribution in [3.05, 3.63) is 78.8 Å². The molecule has 9 heteroatoms. The molecule has 2 bridgehead atoms. The van der Waals surface area contributed by atoms with Crippen LogP contribution in [0.25, 0.3) is 5.57 Å². The molecule has 0 spiro atoms. The number of amides is 1. The fraction of sp³-hybridized carbons (Fsp3) is 0.250. The number of aryl methyl sites for hydroxylation is 1. The van der Waals surface area contributed by atoms with Crippen molar-refractivity contribution in [3.8, 4) is 5.75 Å². The summed E-state index contributed by atoms with van der Waals surface area (Å²) in [7, 11) is 1.31. The van der Waals surface area contributed by atoms with E-state index in [1.807, 2.05) is 43.3 Å². The Labute approximate surface area is 191 Å². The lowest BCUT2D eigenvalue weighted by Gasteiger charge is -2.44. The van der Waals surface area contributed by atoms with Crippen LogP contribution in [0.2, 0.25) is 0 Å². The quantitative estimate of drug-likeness (QED) is 0.554. The second-order valence-corrected chi connectivity index (χ2v) is 9.50. The zero-order chi connectivity index (χ0) is 23.1. The molecular weight excluding hydrogens is 442 g/mol. The number of methoxy groups -OCH3 is 1. The smallest absolute Gasteiger partial charge is 0.317 e. The van der Waals surface area contributed by atoms with Crippen LogP contribution in [0.3, 0.4) is 0 Å². The minimum atomic E-state index is -1.25. The highest BCUT2D eigenvalue weighted by atomic mass is 32.1. The standard InChI is InChI=1S/C24H19N3O5S/c1-11-8-9-14-13(10-11)16(20(28)25-14)19-21(29)27-18-12-6-4-5-7-15(12)32-24(2,26-23(27)33-19)17(18)22(30)31-3/h4-10,17-18H,1-3H3,(H,25,28)/b19-16-/t17-,18+,24+/m0/s1. The Hall–Kier alpha value is -3.72. The van der Waals surface area contributed by atoms with Gasteiger partial charge in [-0.05, 0) is 32.0 Å². The molecule has 3 aromatic rings. The van der Waals surface area contributed by atoms with Crippen molar-refractivity contribution < 1.29 is 19.1 Å². The maximum Gasteiger partial charge on any atom is 0.317 e. The molecular formula is C24H19N3O5S. The maximum atomic E-state index is 13.8. The van der Waals surface area contributed by atoms with E-state index in [1.54, 1.807) is 13.0 Å². The molecule has 1 N–H and O–H groups in total. The number of ether oxygens (including phenoxy) is 2. The van der Waals surface area contributed by atoms with Gasteiger partial charge in [-0.3, -0.25) is 19.0 Å². The van der Waals surface area contributed by atoms with E-state index in [4.69, 9.17) is 14.5 Å². The van der Waals surface area contributed by atoms with E-state index in [0.29, 0.717) is 32.9 Å². The fourth-order valence-electron chi connectivity index (χ4n) is 4.99. The van der Waals surface area contributed by atoms with Crippen molar-refractivity contribution >= 4 is 34.5 Å². The van der Waals surface area contributed by atoms with Gasteiger partial charge in [0.15, 0.2) is 4.80 Å². The topological polar surface area (TPSA) is 99.0 Å². The van der Waals surface area contributed by atoms with E-state index >= 15 is 0 Å². The Kier molecular flexibility index (Phi) is 4.01. The molecule has 166 valence electrons. The molecule has 3 aliphatic heterocycles. The Bertz CT molecular complexity index is 1570. The SMILES string of the molecule is COC(=O)[C@@H]1[C@H]2c3ccccc3O[C@@]1(C)N=c1s/c(=C3\C(=O)Nc4ccc(C)cc43)c(=O)n12. The molecule has 0 fully saturated rings. The average Bonchev–Trinajstić information content (AvgIpc) is 3.26. The summed E-state index contributed by atoms with van der Waals surface area (Å²) in [6.07, 6.45) is 0. The van der Waals surface area contributed by atoms with Crippen LogP contribution in [0.5, 0.6) is 5.75 Å². The number of hydrogen-bond acceptors (Lipinski definition) is 7. The average molecular weight is 461 g/mol. The number of esters is 1. The van der Waals surface area contributed by atoms with Gasteiger partial charge in [-0.2, -0.15) is 0 Å². The third kappa shape index (κ3) is 2.62. The van der Waals surface area contributed by atoms with Gasteiger partial charge in [0.2, 0.25) is 5.72 Å². The van der Waals surface area contributed by atoms with E-state index in [1.165, 1.54) is 11.7 Å². The number of aromatic nitrogens is 1. The first-order chi connectivity index (χ1) is 15.8. The van der Waals surface area contributed by atoms with Crippen molar-refractivity contribution in [1.29, 1.82) is 0 Å². The van der Waals surface area contributed by atoms with Crippen molar-refractivity contribution in [2.24, 2.45) is 10.9 Å². The van der Waals surface area contributed by atoms with Crippen molar-refractivity contribution in [3.63, 3.8) is 0 Å². The van der Waals surface area contributed by atoms with E-state index < -0.39 is 23.7 Å². The van der Waals surface area contributed by atoms with Crippen molar-refractivity contribution in [2.75, 3.05) is 12.4 Å². The number of para-hydroxylation sites is 1. The predicted molar refractivity (Wildman–Crippen MR) is 121 cm³/mol. The molecule has 6 rings (SSSR count). The van der Waals surface area contributed by atoms with Crippen LogP contribution in [-0.4, -0.2) is 29.3 Å². The molecule has 1 aromatic heterocycles. The number of anilines is 1. The number of fused-ring (bicyclic) bond motifs is 7. The van der Waals surface area contributed by atoms with Crippen LogP contribution in [0.4, 0.5) is 5.69 Å². The predicted octanol–water partition coefficient (Wildman–Crippen LogP) is 1.49. The van der Waals surface area contributed by atoms with Gasteiger partial charge < -0.3 is 14.8 Å². The third-order valence-electron chi connectivity index (χ3n) is 6.46. The second kappa shape index (κ2) is 6.64. The van der Waals surface area contributed by atoms with Gasteiger partial charge in [0.1, 0.15) is 16.2 Å². The molecule has 0 saturated heterocycles. The van der Waals surface area contributed by atoms with Gasteiger partial charge in [0, 0.05) is 16.8 Å². The number of thiazole rings is 1. The van der Waals surface area contributed by atoms with Crippen molar-refractivity contribution in [1.82, 2.24) is 4.57 Å². The molecule has 1 amide bonds. The van der Waals surface area contributed by atoms with Crippen LogP contribution >= 0.6 is 11.3 Å². The summed E-state index contributed by atoms with van der Waals surface area (Å²) in [5.41, 5.74) is 1.74. The first kappa shape index (κ1) is 19.9. The van der Waals surface area contributed by atoms with E-state index in [2.05, 4.69) is 5.32 Å². The van der Waals surface area contributed by atoms with Crippen LogP contribution < -0.4 is 24.9 Å². The van der Waals surface area contributed by atoms with Crippen molar-refractivity contribution in [2.45, 2.75) is 25.6 Å². The molecule has 0 unspecified atom stereocenters. The normalized spacial score (nSPS) is 25.7. The van der Waals surface area contributed by atoms with Crippen LogP contribution in [0, 0.1) is 12.8 Å². The van der Waals surface area contributed by atoms with Gasteiger partial charge >= 0.3 is 5.97 Å². The number of hydrogen-bond donors (Lipinski definition) is 1. The molecule has 8 nitrogen and oxygen atoms in total. The Balaban J connectivity index is 1.71. The summed E-state index contributed by atoms with van der Waals surface area (Å²) in [5.74, 6) is -1.14. The molecule has 0 saturated carbocycles. The number of carbonyl (C=O) groups excluding carboxylic acids is 2. The molecule has 33 heavy (non-hydrogen) atoms. The summed E-state index contributed by atoms with van der Waals surface area (Å²) < 4.78 is 13.1. The van der Waals surface area contributed by atoms with Gasteiger partial charge in [-0.1, -0.05) is 41.2 Å². The van der Waals surface area contributed by atoms with Gasteiger partial charge in [-0.15, -0.1) is 0 Å². The monoisotopic (exact) mass is 461 g/mol. The lowest BCUT2D eigenvalue weighted by Crippen LogP contribution is -2.58. The Morgan fingerprint density at radius 3 is 2.82 bits per heavy atom. The lowest BCUT2D eigenvalue weighted by molar-refractivity contribution is -0.158. The maximum absolute atomic E-state index is 13.8. The highest BCUT2D eigenvalue weighted by molar-refractivity contribution is 7.07. The number of carbonyl (C=O) groups is 2. The summed E-state index contributed by atoms with van der Waals surface area (Å²) in [6, 6.07) is 12.3. The van der Waals surface area contributed by atoms with Gasteiger partial charge in [-0.25, -0.2) is 4.99 Å². The molecule has 2 aromatic carbocycles. The fourth-order valence-corrected chi connectivity index (χ4v) is 6.18. The van der Waals surface area contributed by atoms with Crippen LogP contribution in [0.1, 0.15) is 29.7 Å². The van der Waals surface area contributed by atoms with E-state index in [-0.39, 0.29) is 16.0 Å².